The summed E-state index contributed by atoms with van der Waals surface area (Å²) in [7, 11) is 0. The molecule has 0 fully saturated rings. The van der Waals surface area contributed by atoms with Gasteiger partial charge in [0.2, 0.25) is 0 Å². The predicted molar refractivity (Wildman–Crippen MR) is 6.08 cm³/mol. The summed E-state index contributed by atoms with van der Waals surface area (Å²) in [5.74, 6) is 0. The zero-order chi connectivity index (χ0) is 2.00. The van der Waals surface area contributed by atoms with Crippen LogP contribution < -0.4 is 29.6 Å². The first-order valence-corrected chi connectivity index (χ1v) is 0.224. The van der Waals surface area contributed by atoms with E-state index in [1.165, 1.54) is 0 Å². The molecule has 0 atom stereocenters. The van der Waals surface area contributed by atoms with Crippen LogP contribution in [-0.4, -0.2) is 0 Å². The number of hydrogen-bond donors (Lipinski definition) is 0. The summed E-state index contributed by atoms with van der Waals surface area (Å²) in [5.41, 5.74) is 0. The Labute approximate surface area is 64.7 Å². The monoisotopic (exact) mass is 157 g/mol. The van der Waals surface area contributed by atoms with Gasteiger partial charge in [0.1, 0.15) is 0 Å². The minimum Gasteiger partial charge on any atom is -1.00 e. The van der Waals surface area contributed by atoms with Crippen molar-refractivity contribution in [2.75, 3.05) is 0 Å². The fraction of sp³-hybridized carbons (Fsp3) is 0. The first kappa shape index (κ1) is 18.8. The molecule has 1 nitrogen and oxygen atoms in total. The summed E-state index contributed by atoms with van der Waals surface area (Å²) >= 11 is 0. The molecule has 0 heterocycles. The first-order chi connectivity index (χ1) is 1.00. The van der Waals surface area contributed by atoms with Crippen molar-refractivity contribution in [1.82, 2.24) is 0 Å². The summed E-state index contributed by atoms with van der Waals surface area (Å²) in [4.78, 5) is 0. The Bertz CT molecular complexity index is 16.4. The van der Waals surface area contributed by atoms with Gasteiger partial charge in [0, 0.05) is 0 Å². The molecule has 0 aliphatic heterocycles. The van der Waals surface area contributed by atoms with E-state index in [2.05, 4.69) is 0 Å². The molecule has 0 N–H and O–H groups in total. The second kappa shape index (κ2) is 29.2. The second-order valence-electron chi connectivity index (χ2n) is 0. The van der Waals surface area contributed by atoms with Crippen LogP contribution in [0.3, 0.4) is 0 Å². The normalized spacial score (nSPS) is 0.500. The van der Waals surface area contributed by atoms with Gasteiger partial charge in [0.25, 0.3) is 0 Å². The minimum atomic E-state index is 0. The van der Waals surface area contributed by atoms with Gasteiger partial charge in [-0.2, -0.15) is 0 Å². The van der Waals surface area contributed by atoms with Crippen LogP contribution in [0.1, 0.15) is 1.43 Å². The molecule has 0 radical (unpaired) electrons. The molecular weight excluding hydrogens is 157 g/mol. The largest absolute Gasteiger partial charge is 1.00 e. The molecule has 0 aliphatic rings. The van der Waals surface area contributed by atoms with Crippen LogP contribution in [0.4, 0.5) is 0 Å². The Kier molecular flexibility index (Phi) is 137. The average molecular weight is 158 g/mol. The summed E-state index contributed by atoms with van der Waals surface area (Å²) in [6.45, 7) is 4.75. The molecule has 22 valence electrons. The van der Waals surface area contributed by atoms with E-state index in [4.69, 9.17) is 11.8 Å². The van der Waals surface area contributed by atoms with E-state index >= 15 is 0 Å². The summed E-state index contributed by atoms with van der Waals surface area (Å²) in [5, 5.41) is 6.25. The molecular formula is CHAgNNa. The van der Waals surface area contributed by atoms with Crippen molar-refractivity contribution in [3.05, 3.63) is 6.57 Å². The quantitative estimate of drug-likeness (QED) is 0.276. The van der Waals surface area contributed by atoms with Crippen LogP contribution in [0.5, 0.6) is 0 Å². The maximum absolute atomic E-state index is 6.25. The van der Waals surface area contributed by atoms with Crippen molar-refractivity contribution in [3.8, 4) is 0 Å². The van der Waals surface area contributed by atoms with Gasteiger partial charge >= 0.3 is 51.9 Å². The number of hydrogen-bond acceptors (Lipinski definition) is 1. The molecule has 0 aromatic heterocycles. The van der Waals surface area contributed by atoms with E-state index in [0.29, 0.717) is 0 Å². The number of nitrogens with zero attached hydrogens (tertiary/aromatic N) is 1. The van der Waals surface area contributed by atoms with Crippen molar-refractivity contribution >= 4 is 0 Å². The van der Waals surface area contributed by atoms with Gasteiger partial charge in [0.15, 0.2) is 0 Å². The van der Waals surface area contributed by atoms with Gasteiger partial charge in [-0.25, -0.2) is 0 Å². The summed E-state index contributed by atoms with van der Waals surface area (Å²) in [6, 6.07) is 0. The van der Waals surface area contributed by atoms with Gasteiger partial charge in [-0.3, -0.25) is 0 Å². The van der Waals surface area contributed by atoms with Crippen LogP contribution in [0.2, 0.25) is 0 Å². The molecule has 0 saturated heterocycles. The Morgan fingerprint density at radius 1 is 1.50 bits per heavy atom. The molecule has 0 amide bonds. The van der Waals surface area contributed by atoms with Crippen LogP contribution in [0.25, 0.3) is 0 Å². The van der Waals surface area contributed by atoms with Crippen molar-refractivity contribution in [1.29, 1.82) is 5.26 Å². The zero-order valence-corrected chi connectivity index (χ0v) is 5.73. The third-order valence-corrected chi connectivity index (χ3v) is 0. The molecule has 0 unspecified atom stereocenters. The fourth-order valence-electron chi connectivity index (χ4n) is 0. The van der Waals surface area contributed by atoms with E-state index in [1.54, 1.807) is 0 Å². The predicted octanol–water partition coefficient (Wildman–Crippen LogP) is -2.79. The van der Waals surface area contributed by atoms with Crippen molar-refractivity contribution in [3.63, 3.8) is 0 Å². The van der Waals surface area contributed by atoms with E-state index in [9.17, 15) is 0 Å². The van der Waals surface area contributed by atoms with Crippen molar-refractivity contribution in [2.24, 2.45) is 0 Å². The minimum absolute atomic E-state index is 0. The Balaban J connectivity index is -0.00000000167. The number of rotatable bonds is 0. The molecule has 0 saturated carbocycles. The van der Waals surface area contributed by atoms with Crippen LogP contribution in [-0.2, 0) is 22.4 Å². The molecule has 0 aromatic carbocycles. The van der Waals surface area contributed by atoms with Crippen LogP contribution in [0, 0.1) is 11.8 Å². The van der Waals surface area contributed by atoms with Gasteiger partial charge in [0.05, 0.1) is 0 Å². The Morgan fingerprint density at radius 2 is 1.50 bits per heavy atom. The third kappa shape index (κ3) is 10.6. The topological polar surface area (TPSA) is 23.8 Å². The Morgan fingerprint density at radius 3 is 1.50 bits per heavy atom. The Hall–Kier alpha value is 1.23. The van der Waals surface area contributed by atoms with Gasteiger partial charge in [-0.05, 0) is 0 Å². The van der Waals surface area contributed by atoms with Gasteiger partial charge in [-0.1, -0.05) is 0 Å². The van der Waals surface area contributed by atoms with Crippen LogP contribution >= 0.6 is 0 Å². The van der Waals surface area contributed by atoms with E-state index in [1.807, 2.05) is 0 Å². The second-order valence-corrected chi connectivity index (χ2v) is 0. The molecule has 0 bridgehead atoms. The van der Waals surface area contributed by atoms with E-state index < -0.39 is 0 Å². The van der Waals surface area contributed by atoms with Crippen molar-refractivity contribution in [2.45, 2.75) is 0 Å². The van der Waals surface area contributed by atoms with Crippen LogP contribution in [0.15, 0.2) is 0 Å². The SMILES string of the molecule is [Ag+].[C-]#N.[H-].[Na+]. The molecule has 0 aliphatic carbocycles. The zero-order valence-electron chi connectivity index (χ0n) is 3.25. The molecule has 0 rings (SSSR count). The van der Waals surface area contributed by atoms with Gasteiger partial charge in [-0.15, -0.1) is 0 Å². The van der Waals surface area contributed by atoms with Crippen molar-refractivity contribution < 1.29 is 53.4 Å². The van der Waals surface area contributed by atoms with Gasteiger partial charge < -0.3 is 13.3 Å². The average Bonchev–Trinajstić information content (AvgIpc) is 1.00. The molecule has 4 heavy (non-hydrogen) atoms. The molecule has 0 spiro atoms. The first-order valence-electron chi connectivity index (χ1n) is 0.224. The molecule has 0 aromatic rings. The van der Waals surface area contributed by atoms with E-state index in [0.717, 1.165) is 0 Å². The van der Waals surface area contributed by atoms with E-state index in [-0.39, 0.29) is 53.4 Å². The molecule has 3 heteroatoms. The third-order valence-electron chi connectivity index (χ3n) is 0. The smallest absolute Gasteiger partial charge is 1.00 e. The maximum atomic E-state index is 6.25. The standard InChI is InChI=1S/CN.Ag.Na.H/c1-2;;;/q-1;2*+1;-1. The maximum Gasteiger partial charge on any atom is 1.00 e. The summed E-state index contributed by atoms with van der Waals surface area (Å²) in [6.07, 6.45) is 0. The fourth-order valence-corrected chi connectivity index (χ4v) is 0. The summed E-state index contributed by atoms with van der Waals surface area (Å²) < 4.78 is 0.